The van der Waals surface area contributed by atoms with Crippen molar-refractivity contribution in [2.75, 3.05) is 24.2 Å². The van der Waals surface area contributed by atoms with Gasteiger partial charge >= 0.3 is 0 Å². The number of hydrogen-bond donors (Lipinski definition) is 1. The minimum Gasteiger partial charge on any atom is -0.374 e. The van der Waals surface area contributed by atoms with Gasteiger partial charge in [0, 0.05) is 30.4 Å². The van der Waals surface area contributed by atoms with Gasteiger partial charge in [0.15, 0.2) is 0 Å². The van der Waals surface area contributed by atoms with Crippen molar-refractivity contribution < 1.29 is 18.0 Å². The molecular weight excluding hydrogens is 573 g/mol. The van der Waals surface area contributed by atoms with Crippen molar-refractivity contribution in [3.8, 4) is 11.1 Å². The summed E-state index contributed by atoms with van der Waals surface area (Å²) in [5.74, 6) is 1.58. The maximum absolute atomic E-state index is 12.2. The molecule has 2 saturated heterocycles. The van der Waals surface area contributed by atoms with E-state index in [-0.39, 0.29) is 12.1 Å². The van der Waals surface area contributed by atoms with E-state index in [2.05, 4.69) is 27.9 Å². The molecule has 2 aliphatic heterocycles. The first-order chi connectivity index (χ1) is 19.0. The largest absolute Gasteiger partial charge is 0.374 e. The van der Waals surface area contributed by atoms with Crippen molar-refractivity contribution >= 4 is 49.9 Å². The Balaban J connectivity index is 1.47. The zero-order valence-corrected chi connectivity index (χ0v) is 24.8. The van der Waals surface area contributed by atoms with E-state index < -0.39 is 16.3 Å². The normalized spacial score (nSPS) is 21.1. The Labute approximate surface area is 243 Å². The molecule has 40 heavy (non-hydrogen) atoms. The summed E-state index contributed by atoms with van der Waals surface area (Å²) in [5.41, 5.74) is 5.31. The van der Waals surface area contributed by atoms with Crippen molar-refractivity contribution in [2.45, 2.75) is 57.8 Å². The summed E-state index contributed by atoms with van der Waals surface area (Å²) < 4.78 is 33.6. The average Bonchev–Trinajstić information content (AvgIpc) is 3.59. The maximum Gasteiger partial charge on any atom is 0.211 e. The molecule has 0 spiro atoms. The predicted molar refractivity (Wildman–Crippen MR) is 156 cm³/mol. The molecule has 0 aliphatic carbocycles. The van der Waals surface area contributed by atoms with Crippen LogP contribution in [0.5, 0.6) is 0 Å². The molecule has 1 N–H and O–H groups in total. The third kappa shape index (κ3) is 4.79. The molecule has 4 heterocycles. The summed E-state index contributed by atoms with van der Waals surface area (Å²) >= 11 is 12.6. The Morgan fingerprint density at radius 1 is 1.00 bits per heavy atom. The van der Waals surface area contributed by atoms with Gasteiger partial charge in [-0.3, -0.25) is 0 Å². The van der Waals surface area contributed by atoms with E-state index in [4.69, 9.17) is 32.7 Å². The highest BCUT2D eigenvalue weighted by atomic mass is 35.5. The van der Waals surface area contributed by atoms with E-state index in [0.717, 1.165) is 45.1 Å². The quantitative estimate of drug-likeness (QED) is 0.304. The molecule has 2 aliphatic rings. The molecule has 0 amide bonds. The third-order valence-electron chi connectivity index (χ3n) is 8.15. The van der Waals surface area contributed by atoms with Gasteiger partial charge in [-0.2, -0.15) is 0 Å². The molecule has 0 radical (unpaired) electrons. The van der Waals surface area contributed by atoms with Crippen molar-refractivity contribution in [2.24, 2.45) is 0 Å². The van der Waals surface area contributed by atoms with Crippen LogP contribution in [0.3, 0.4) is 0 Å². The van der Waals surface area contributed by atoms with Gasteiger partial charge in [0.2, 0.25) is 10.0 Å². The van der Waals surface area contributed by atoms with Crippen molar-refractivity contribution in [3.63, 3.8) is 0 Å². The summed E-state index contributed by atoms with van der Waals surface area (Å²) in [6.07, 6.45) is 3.16. The number of aromatic nitrogens is 3. The molecule has 4 aromatic rings. The molecule has 2 aromatic heterocycles. The summed E-state index contributed by atoms with van der Waals surface area (Å²) in [6, 6.07) is 11.4. The van der Waals surface area contributed by atoms with E-state index in [0.29, 0.717) is 48.8 Å². The second kappa shape index (κ2) is 10.3. The Morgan fingerprint density at radius 2 is 1.75 bits per heavy atom. The van der Waals surface area contributed by atoms with Crippen molar-refractivity contribution in [3.05, 3.63) is 63.7 Å². The van der Waals surface area contributed by atoms with Crippen LogP contribution in [0.2, 0.25) is 10.0 Å². The van der Waals surface area contributed by atoms with Gasteiger partial charge in [0.05, 0.1) is 39.1 Å². The van der Waals surface area contributed by atoms with Gasteiger partial charge in [-0.1, -0.05) is 34.4 Å². The van der Waals surface area contributed by atoms with Gasteiger partial charge < -0.3 is 19.1 Å². The van der Waals surface area contributed by atoms with E-state index in [1.807, 2.05) is 24.8 Å². The highest BCUT2D eigenvalue weighted by molar-refractivity contribution is 7.88. The van der Waals surface area contributed by atoms with Crippen LogP contribution in [0.25, 0.3) is 22.2 Å². The predicted octanol–water partition coefficient (Wildman–Crippen LogP) is 5.87. The number of rotatable bonds is 5. The third-order valence-corrected chi connectivity index (χ3v) is 10.2. The molecular formula is C28H31Cl2N5O4S. The summed E-state index contributed by atoms with van der Waals surface area (Å²) in [5, 5.41) is 16.1. The second-order valence-electron chi connectivity index (χ2n) is 10.7. The van der Waals surface area contributed by atoms with E-state index in [9.17, 15) is 13.5 Å². The fraction of sp³-hybridized carbons (Fsp3) is 0.429. The van der Waals surface area contributed by atoms with Crippen molar-refractivity contribution in [1.29, 1.82) is 0 Å². The lowest BCUT2D eigenvalue weighted by molar-refractivity contribution is 0.182. The zero-order chi connectivity index (χ0) is 28.3. The second-order valence-corrected chi connectivity index (χ2v) is 13.5. The smallest absolute Gasteiger partial charge is 0.211 e. The number of sulfonamides is 1. The molecule has 0 bridgehead atoms. The molecule has 2 atom stereocenters. The van der Waals surface area contributed by atoms with Gasteiger partial charge in [-0.05, 0) is 75.4 Å². The number of aliphatic hydroxyl groups is 1. The lowest BCUT2D eigenvalue weighted by Gasteiger charge is -2.35. The van der Waals surface area contributed by atoms with E-state index in [1.54, 1.807) is 16.4 Å². The van der Waals surface area contributed by atoms with Crippen LogP contribution in [0.15, 0.2) is 40.9 Å². The Morgan fingerprint density at radius 3 is 2.40 bits per heavy atom. The number of piperidine rings is 1. The highest BCUT2D eigenvalue weighted by Gasteiger charge is 2.39. The van der Waals surface area contributed by atoms with Gasteiger partial charge in [0.1, 0.15) is 17.8 Å². The number of aliphatic hydroxyl groups excluding tert-OH is 1. The monoisotopic (exact) mass is 603 g/mol. The summed E-state index contributed by atoms with van der Waals surface area (Å²) in [6.45, 7) is 4.71. The van der Waals surface area contributed by atoms with Crippen LogP contribution in [0, 0.1) is 13.8 Å². The number of fused-ring (bicyclic) bond motifs is 1. The van der Waals surface area contributed by atoms with Crippen LogP contribution >= 0.6 is 23.2 Å². The topological polar surface area (TPSA) is 105 Å². The number of aryl methyl sites for hydroxylation is 2. The number of benzene rings is 2. The fourth-order valence-corrected chi connectivity index (χ4v) is 7.43. The number of nitrogens with zero attached hydrogens (tertiary/aromatic N) is 5. The first-order valence-corrected chi connectivity index (χ1v) is 15.9. The minimum absolute atomic E-state index is 0.0521. The Hall–Kier alpha value is -2.63. The van der Waals surface area contributed by atoms with Crippen LogP contribution < -0.4 is 4.90 Å². The van der Waals surface area contributed by atoms with Gasteiger partial charge in [-0.25, -0.2) is 17.7 Å². The average molecular weight is 605 g/mol. The first kappa shape index (κ1) is 27.5. The minimum atomic E-state index is -3.26. The Bertz CT molecular complexity index is 1670. The number of hydrogen-bond acceptors (Lipinski definition) is 7. The lowest BCUT2D eigenvalue weighted by Crippen LogP contribution is -2.39. The number of anilines is 1. The fourth-order valence-electron chi connectivity index (χ4n) is 6.26. The van der Waals surface area contributed by atoms with Crippen LogP contribution in [0.1, 0.15) is 55.0 Å². The standard InChI is InChI=1S/C28H31Cl2N5O4S/c1-16-27(17(2)39-32-16)18-4-7-24-23(14-18)31-28(35(24)19-10-12-33(13-11-19)40(3,37)38)25-8-9-26(36)34(25)20-5-6-21(29)22(30)15-20/h4-7,14-15,19,25-26,36H,8-13H2,1-3H3. The molecule has 2 unspecified atom stereocenters. The van der Waals surface area contributed by atoms with E-state index >= 15 is 0 Å². The maximum atomic E-state index is 12.2. The van der Waals surface area contributed by atoms with Gasteiger partial charge in [-0.15, -0.1) is 0 Å². The molecule has 12 heteroatoms. The molecule has 212 valence electrons. The number of imidazole rings is 1. The molecule has 9 nitrogen and oxygen atoms in total. The van der Waals surface area contributed by atoms with E-state index in [1.165, 1.54) is 6.26 Å². The first-order valence-electron chi connectivity index (χ1n) is 13.3. The SMILES string of the molecule is Cc1noc(C)c1-c1ccc2c(c1)nc(C1CCC(O)N1c1ccc(Cl)c(Cl)c1)n2C1CCN(S(C)(=O)=O)CC1. The molecule has 2 fully saturated rings. The molecule has 2 aromatic carbocycles. The zero-order valence-electron chi connectivity index (χ0n) is 22.5. The molecule has 0 saturated carbocycles. The number of halogens is 2. The Kier molecular flexibility index (Phi) is 7.11. The van der Waals surface area contributed by atoms with Crippen LogP contribution in [-0.4, -0.2) is 58.1 Å². The highest BCUT2D eigenvalue weighted by Crippen LogP contribution is 2.43. The summed E-state index contributed by atoms with van der Waals surface area (Å²) in [7, 11) is -3.26. The van der Waals surface area contributed by atoms with Crippen LogP contribution in [-0.2, 0) is 10.0 Å². The molecule has 6 rings (SSSR count). The van der Waals surface area contributed by atoms with Crippen LogP contribution in [0.4, 0.5) is 5.69 Å². The van der Waals surface area contributed by atoms with Gasteiger partial charge in [0.25, 0.3) is 0 Å². The van der Waals surface area contributed by atoms with Crippen molar-refractivity contribution in [1.82, 2.24) is 19.0 Å². The lowest BCUT2D eigenvalue weighted by atomic mass is 10.0. The summed E-state index contributed by atoms with van der Waals surface area (Å²) in [4.78, 5) is 7.15.